The average molecular weight is 384 g/mol. The first-order valence-corrected chi connectivity index (χ1v) is 8.35. The number of nitro benzene ring substituents is 1. The van der Waals surface area contributed by atoms with E-state index in [1.54, 1.807) is 6.92 Å². The summed E-state index contributed by atoms with van der Waals surface area (Å²) in [6, 6.07) is 3.34. The Hall–Kier alpha value is -2.68. The Morgan fingerprint density at radius 2 is 2.12 bits per heavy atom. The van der Waals surface area contributed by atoms with Crippen molar-refractivity contribution in [2.45, 2.75) is 25.8 Å². The lowest BCUT2D eigenvalue weighted by atomic mass is 9.90. The summed E-state index contributed by atoms with van der Waals surface area (Å²) in [5.41, 5.74) is -0.776. The number of nitro groups is 1. The molecule has 1 heterocycles. The molecule has 1 aromatic rings. The molecule has 26 heavy (non-hydrogen) atoms. The molecular formula is C16H18ClN3O6. The van der Waals surface area contributed by atoms with Crippen molar-refractivity contribution >= 4 is 35.1 Å². The second kappa shape index (κ2) is 8.13. The van der Waals surface area contributed by atoms with Gasteiger partial charge >= 0.3 is 5.97 Å². The van der Waals surface area contributed by atoms with Crippen LogP contribution in [0.15, 0.2) is 18.2 Å². The first-order chi connectivity index (χ1) is 12.2. The van der Waals surface area contributed by atoms with E-state index in [9.17, 15) is 29.6 Å². The summed E-state index contributed by atoms with van der Waals surface area (Å²) in [6.45, 7) is 1.64. The smallest absolute Gasteiger partial charge is 0.308 e. The molecule has 2 amide bonds. The number of piperidine rings is 1. The number of halogens is 1. The normalized spacial score (nSPS) is 19.7. The molecule has 2 N–H and O–H groups in total. The number of nitrogens with one attached hydrogen (secondary N) is 1. The van der Waals surface area contributed by atoms with Gasteiger partial charge in [-0.2, -0.15) is 0 Å². The summed E-state index contributed by atoms with van der Waals surface area (Å²) in [7, 11) is 0. The monoisotopic (exact) mass is 383 g/mol. The minimum Gasteiger partial charge on any atom is -0.481 e. The van der Waals surface area contributed by atoms with Crippen molar-refractivity contribution in [1.29, 1.82) is 0 Å². The van der Waals surface area contributed by atoms with Gasteiger partial charge in [-0.05, 0) is 25.8 Å². The number of benzene rings is 1. The van der Waals surface area contributed by atoms with Crippen LogP contribution in [-0.2, 0) is 9.59 Å². The Kier molecular flexibility index (Phi) is 6.14. The first kappa shape index (κ1) is 19.6. The van der Waals surface area contributed by atoms with Crippen LogP contribution in [-0.4, -0.2) is 51.8 Å². The molecule has 0 bridgehead atoms. The highest BCUT2D eigenvalue weighted by molar-refractivity contribution is 6.34. The summed E-state index contributed by atoms with van der Waals surface area (Å²) >= 11 is 5.88. The predicted octanol–water partition coefficient (Wildman–Crippen LogP) is 1.69. The molecule has 9 nitrogen and oxygen atoms in total. The fraction of sp³-hybridized carbons (Fsp3) is 0.438. The van der Waals surface area contributed by atoms with Crippen LogP contribution in [0.4, 0.5) is 5.69 Å². The topological polar surface area (TPSA) is 130 Å². The van der Waals surface area contributed by atoms with Crippen molar-refractivity contribution in [3.63, 3.8) is 0 Å². The van der Waals surface area contributed by atoms with Gasteiger partial charge in [0, 0.05) is 18.7 Å². The van der Waals surface area contributed by atoms with Crippen molar-refractivity contribution in [3.8, 4) is 0 Å². The van der Waals surface area contributed by atoms with Crippen LogP contribution >= 0.6 is 11.6 Å². The molecule has 1 aliphatic rings. The molecule has 1 saturated heterocycles. The zero-order valence-corrected chi connectivity index (χ0v) is 14.7. The minimum absolute atomic E-state index is 0.0959. The highest BCUT2D eigenvalue weighted by Crippen LogP contribution is 2.26. The van der Waals surface area contributed by atoms with Crippen LogP contribution < -0.4 is 5.32 Å². The number of aliphatic carboxylic acids is 1. The fourth-order valence-electron chi connectivity index (χ4n) is 3.06. The molecule has 1 aromatic carbocycles. The van der Waals surface area contributed by atoms with Crippen LogP contribution in [0.25, 0.3) is 0 Å². The average Bonchev–Trinajstić information content (AvgIpc) is 2.58. The molecule has 0 radical (unpaired) electrons. The molecular weight excluding hydrogens is 366 g/mol. The maximum Gasteiger partial charge on any atom is 0.308 e. The highest BCUT2D eigenvalue weighted by atomic mass is 35.5. The van der Waals surface area contributed by atoms with Crippen LogP contribution in [0.2, 0.25) is 5.02 Å². The van der Waals surface area contributed by atoms with Crippen molar-refractivity contribution in [2.24, 2.45) is 5.92 Å². The van der Waals surface area contributed by atoms with Gasteiger partial charge in [0.15, 0.2) is 0 Å². The third-order valence-electron chi connectivity index (χ3n) is 4.44. The Bertz CT molecular complexity index is 754. The molecule has 0 aromatic heterocycles. The summed E-state index contributed by atoms with van der Waals surface area (Å²) in [6.07, 6.45) is 1.04. The summed E-state index contributed by atoms with van der Waals surface area (Å²) in [5.74, 6) is -2.92. The fourth-order valence-corrected chi connectivity index (χ4v) is 3.32. The van der Waals surface area contributed by atoms with Gasteiger partial charge in [-0.1, -0.05) is 17.7 Å². The van der Waals surface area contributed by atoms with Crippen molar-refractivity contribution in [3.05, 3.63) is 38.9 Å². The number of carbonyl (C=O) groups is 3. The van der Waals surface area contributed by atoms with Gasteiger partial charge < -0.3 is 15.3 Å². The van der Waals surface area contributed by atoms with Gasteiger partial charge in [0.2, 0.25) is 5.91 Å². The van der Waals surface area contributed by atoms with Crippen LogP contribution in [0.1, 0.15) is 30.1 Å². The molecule has 1 aliphatic heterocycles. The Balaban J connectivity index is 2.07. The Morgan fingerprint density at radius 1 is 1.42 bits per heavy atom. The lowest BCUT2D eigenvalue weighted by molar-refractivity contribution is -0.385. The van der Waals surface area contributed by atoms with Gasteiger partial charge in [0.25, 0.3) is 11.6 Å². The predicted molar refractivity (Wildman–Crippen MR) is 92.0 cm³/mol. The lowest BCUT2D eigenvalue weighted by Gasteiger charge is -2.37. The molecule has 140 valence electrons. The van der Waals surface area contributed by atoms with Crippen molar-refractivity contribution in [1.82, 2.24) is 10.2 Å². The van der Waals surface area contributed by atoms with Crippen LogP contribution in [0.5, 0.6) is 0 Å². The molecule has 10 heteroatoms. The van der Waals surface area contributed by atoms with E-state index in [-0.39, 0.29) is 10.6 Å². The van der Waals surface area contributed by atoms with E-state index in [1.807, 2.05) is 0 Å². The molecule has 0 saturated carbocycles. The van der Waals surface area contributed by atoms with Gasteiger partial charge in [-0.3, -0.25) is 24.5 Å². The Labute approximate surface area is 154 Å². The molecule has 1 fully saturated rings. The van der Waals surface area contributed by atoms with Gasteiger partial charge in [-0.15, -0.1) is 0 Å². The standard InChI is InChI=1S/C16H18ClN3O6/c1-9-10(16(23)24)4-3-7-19(9)13(21)8-18-15(22)14-11(17)5-2-6-12(14)20(25)26/h2,5-6,9-10H,3-4,7-8H2,1H3,(H,18,22)(H,23,24)/t9-,10-/m1/s1. The van der Waals surface area contributed by atoms with E-state index in [1.165, 1.54) is 17.0 Å². The van der Waals surface area contributed by atoms with Crippen LogP contribution in [0, 0.1) is 16.0 Å². The van der Waals surface area contributed by atoms with Crippen molar-refractivity contribution in [2.75, 3.05) is 13.1 Å². The number of amides is 2. The number of carboxylic acid groups (broad SMARTS) is 1. The summed E-state index contributed by atoms with van der Waals surface area (Å²) < 4.78 is 0. The number of nitrogens with zero attached hydrogens (tertiary/aromatic N) is 2. The number of hydrogen-bond donors (Lipinski definition) is 2. The van der Waals surface area contributed by atoms with Crippen molar-refractivity contribution < 1.29 is 24.4 Å². The number of hydrogen-bond acceptors (Lipinski definition) is 5. The molecule has 2 rings (SSSR count). The third-order valence-corrected chi connectivity index (χ3v) is 4.76. The van der Waals surface area contributed by atoms with E-state index in [0.29, 0.717) is 19.4 Å². The van der Waals surface area contributed by atoms with Crippen LogP contribution in [0.3, 0.4) is 0 Å². The number of likely N-dealkylation sites (tertiary alicyclic amines) is 1. The SMILES string of the molecule is C[C@@H]1[C@H](C(=O)O)CCCN1C(=O)CNC(=O)c1c(Cl)cccc1[N+](=O)[O-]. The summed E-state index contributed by atoms with van der Waals surface area (Å²) in [5, 5.41) is 22.5. The molecule has 0 spiro atoms. The Morgan fingerprint density at radius 3 is 2.73 bits per heavy atom. The quantitative estimate of drug-likeness (QED) is 0.587. The van der Waals surface area contributed by atoms with Gasteiger partial charge in [-0.25, -0.2) is 0 Å². The number of carboxylic acids is 1. The number of carbonyl (C=O) groups excluding carboxylic acids is 2. The number of rotatable bonds is 5. The maximum atomic E-state index is 12.4. The highest BCUT2D eigenvalue weighted by Gasteiger charge is 2.35. The van der Waals surface area contributed by atoms with E-state index in [2.05, 4.69) is 5.32 Å². The largest absolute Gasteiger partial charge is 0.481 e. The zero-order valence-electron chi connectivity index (χ0n) is 14.0. The lowest BCUT2D eigenvalue weighted by Crippen LogP contribution is -2.51. The molecule has 0 unspecified atom stereocenters. The van der Waals surface area contributed by atoms with E-state index in [0.717, 1.165) is 6.07 Å². The van der Waals surface area contributed by atoms with E-state index in [4.69, 9.17) is 11.6 Å². The van der Waals surface area contributed by atoms with Gasteiger partial charge in [0.1, 0.15) is 5.56 Å². The maximum absolute atomic E-state index is 12.4. The molecule has 2 atom stereocenters. The third kappa shape index (κ3) is 4.10. The summed E-state index contributed by atoms with van der Waals surface area (Å²) in [4.78, 5) is 47.6. The second-order valence-electron chi connectivity index (χ2n) is 5.99. The molecule has 0 aliphatic carbocycles. The van der Waals surface area contributed by atoms with E-state index >= 15 is 0 Å². The minimum atomic E-state index is -0.967. The zero-order chi connectivity index (χ0) is 19.4. The second-order valence-corrected chi connectivity index (χ2v) is 6.40. The van der Waals surface area contributed by atoms with Gasteiger partial charge in [0.05, 0.1) is 22.4 Å². The first-order valence-electron chi connectivity index (χ1n) is 7.97. The van der Waals surface area contributed by atoms with E-state index < -0.39 is 46.9 Å².